The van der Waals surface area contributed by atoms with E-state index in [4.69, 9.17) is 0 Å². The van der Waals surface area contributed by atoms with Crippen LogP contribution in [0.2, 0.25) is 0 Å². The van der Waals surface area contributed by atoms with Crippen molar-refractivity contribution in [3.63, 3.8) is 0 Å². The number of nitrogens with one attached hydrogen (secondary N) is 1. The molecule has 0 radical (unpaired) electrons. The zero-order valence-electron chi connectivity index (χ0n) is 8.74. The number of sulfone groups is 1. The number of ether oxygens (including phenoxy) is 1. The first-order chi connectivity index (χ1) is 6.45. The summed E-state index contributed by atoms with van der Waals surface area (Å²) >= 11 is 0. The molecule has 0 fully saturated rings. The molecule has 0 spiro atoms. The molecule has 6 heteroatoms. The van der Waals surface area contributed by atoms with Crippen molar-refractivity contribution in [3.05, 3.63) is 0 Å². The van der Waals surface area contributed by atoms with Gasteiger partial charge in [-0.1, -0.05) is 6.92 Å². The number of carbonyl (C=O) groups excluding carboxylic acids is 1. The molecule has 0 saturated carbocycles. The van der Waals surface area contributed by atoms with E-state index < -0.39 is 21.6 Å². The van der Waals surface area contributed by atoms with Crippen LogP contribution in [0, 0.1) is 0 Å². The summed E-state index contributed by atoms with van der Waals surface area (Å²) < 4.78 is 27.1. The lowest BCUT2D eigenvalue weighted by atomic mass is 10.3. The molecule has 84 valence electrons. The molecule has 0 aromatic rings. The van der Waals surface area contributed by atoms with E-state index in [1.165, 1.54) is 7.11 Å². The molecule has 0 bridgehead atoms. The van der Waals surface area contributed by atoms with Crippen molar-refractivity contribution in [1.29, 1.82) is 0 Å². The Balaban J connectivity index is 4.27. The highest BCUT2D eigenvalue weighted by atomic mass is 32.2. The van der Waals surface area contributed by atoms with Crippen LogP contribution in [0.1, 0.15) is 13.3 Å². The molecule has 0 amide bonds. The van der Waals surface area contributed by atoms with Crippen LogP contribution in [0.5, 0.6) is 0 Å². The Hall–Kier alpha value is -0.620. The van der Waals surface area contributed by atoms with Gasteiger partial charge in [-0.3, -0.25) is 4.79 Å². The van der Waals surface area contributed by atoms with Crippen molar-refractivity contribution in [2.24, 2.45) is 0 Å². The fourth-order valence-electron chi connectivity index (χ4n) is 1.01. The molecule has 0 heterocycles. The summed E-state index contributed by atoms with van der Waals surface area (Å²) in [5.41, 5.74) is 0. The third-order valence-corrected chi connectivity index (χ3v) is 3.51. The maximum Gasteiger partial charge on any atom is 0.320 e. The van der Waals surface area contributed by atoms with Crippen molar-refractivity contribution < 1.29 is 17.9 Å². The minimum atomic E-state index is -3.35. The molecule has 0 aliphatic carbocycles. The predicted octanol–water partition coefficient (Wildman–Crippen LogP) is -0.428. The van der Waals surface area contributed by atoms with E-state index in [2.05, 4.69) is 10.1 Å². The zero-order chi connectivity index (χ0) is 11.2. The quantitative estimate of drug-likeness (QED) is 0.619. The topological polar surface area (TPSA) is 72.5 Å². The second kappa shape index (κ2) is 5.98. The summed E-state index contributed by atoms with van der Waals surface area (Å²) in [6.07, 6.45) is 0.705. The normalized spacial score (nSPS) is 13.6. The Morgan fingerprint density at radius 1 is 1.50 bits per heavy atom. The highest BCUT2D eigenvalue weighted by Gasteiger charge is 2.20. The minimum Gasteiger partial charge on any atom is -0.468 e. The molecule has 1 unspecified atom stereocenters. The lowest BCUT2D eigenvalue weighted by molar-refractivity contribution is -0.137. The highest BCUT2D eigenvalue weighted by molar-refractivity contribution is 7.92. The van der Waals surface area contributed by atoms with Crippen molar-refractivity contribution in [3.8, 4) is 0 Å². The third-order valence-electron chi connectivity index (χ3n) is 1.92. The monoisotopic (exact) mass is 223 g/mol. The Kier molecular flexibility index (Phi) is 5.71. The van der Waals surface area contributed by atoms with E-state index in [1.54, 1.807) is 7.05 Å². The van der Waals surface area contributed by atoms with Gasteiger partial charge in [0, 0.05) is 6.04 Å². The molecule has 1 N–H and O–H groups in total. The molecule has 0 aliphatic heterocycles. The Labute approximate surface area is 84.7 Å². The molecule has 0 saturated heterocycles. The number of esters is 1. The van der Waals surface area contributed by atoms with Crippen LogP contribution in [-0.4, -0.2) is 46.1 Å². The van der Waals surface area contributed by atoms with E-state index in [0.717, 1.165) is 0 Å². The summed E-state index contributed by atoms with van der Waals surface area (Å²) in [6.45, 7) is 1.88. The van der Waals surface area contributed by atoms with Gasteiger partial charge in [-0.05, 0) is 13.5 Å². The molecule has 14 heavy (non-hydrogen) atoms. The molecule has 0 aromatic heterocycles. The van der Waals surface area contributed by atoms with E-state index in [9.17, 15) is 13.2 Å². The summed E-state index contributed by atoms with van der Waals surface area (Å²) in [4.78, 5) is 10.8. The summed E-state index contributed by atoms with van der Waals surface area (Å²) in [5, 5.41) is 2.87. The van der Waals surface area contributed by atoms with Crippen LogP contribution >= 0.6 is 0 Å². The molecular weight excluding hydrogens is 206 g/mol. The van der Waals surface area contributed by atoms with E-state index in [0.29, 0.717) is 6.42 Å². The van der Waals surface area contributed by atoms with Gasteiger partial charge in [0.1, 0.15) is 5.75 Å². The van der Waals surface area contributed by atoms with Gasteiger partial charge in [0.25, 0.3) is 0 Å². The molecule has 0 aromatic carbocycles. The van der Waals surface area contributed by atoms with Crippen LogP contribution in [0.3, 0.4) is 0 Å². The number of carbonyl (C=O) groups is 1. The maximum absolute atomic E-state index is 11.4. The highest BCUT2D eigenvalue weighted by Crippen LogP contribution is 1.99. The van der Waals surface area contributed by atoms with Gasteiger partial charge < -0.3 is 10.1 Å². The van der Waals surface area contributed by atoms with Gasteiger partial charge >= 0.3 is 5.97 Å². The number of hydrogen-bond donors (Lipinski definition) is 1. The molecule has 0 rings (SSSR count). The van der Waals surface area contributed by atoms with Crippen LogP contribution < -0.4 is 5.32 Å². The summed E-state index contributed by atoms with van der Waals surface area (Å²) in [5.74, 6) is -1.28. The van der Waals surface area contributed by atoms with Crippen LogP contribution in [0.25, 0.3) is 0 Å². The largest absolute Gasteiger partial charge is 0.468 e. The van der Waals surface area contributed by atoms with Crippen molar-refractivity contribution in [2.45, 2.75) is 19.4 Å². The summed E-state index contributed by atoms with van der Waals surface area (Å²) in [7, 11) is -0.483. The van der Waals surface area contributed by atoms with Crippen molar-refractivity contribution in [2.75, 3.05) is 25.7 Å². The van der Waals surface area contributed by atoms with Crippen molar-refractivity contribution in [1.82, 2.24) is 5.32 Å². The number of rotatable bonds is 6. The zero-order valence-corrected chi connectivity index (χ0v) is 9.56. The minimum absolute atomic E-state index is 0.0326. The first-order valence-electron chi connectivity index (χ1n) is 4.39. The second-order valence-corrected chi connectivity index (χ2v) is 5.13. The third kappa shape index (κ3) is 5.18. The van der Waals surface area contributed by atoms with Gasteiger partial charge in [-0.2, -0.15) is 0 Å². The van der Waals surface area contributed by atoms with E-state index in [1.807, 2.05) is 6.92 Å². The first-order valence-corrected chi connectivity index (χ1v) is 6.21. The van der Waals surface area contributed by atoms with Gasteiger partial charge in [-0.15, -0.1) is 0 Å². The molecular formula is C8H17NO4S. The fraction of sp³-hybridized carbons (Fsp3) is 0.875. The molecule has 5 nitrogen and oxygen atoms in total. The Morgan fingerprint density at radius 2 is 2.07 bits per heavy atom. The van der Waals surface area contributed by atoms with Crippen LogP contribution in [0.4, 0.5) is 0 Å². The van der Waals surface area contributed by atoms with Gasteiger partial charge in [0.05, 0.1) is 12.9 Å². The van der Waals surface area contributed by atoms with Crippen LogP contribution in [-0.2, 0) is 19.4 Å². The smallest absolute Gasteiger partial charge is 0.320 e. The van der Waals surface area contributed by atoms with Gasteiger partial charge in [-0.25, -0.2) is 8.42 Å². The lowest BCUT2D eigenvalue weighted by Gasteiger charge is -2.13. The maximum atomic E-state index is 11.4. The first kappa shape index (κ1) is 13.4. The average molecular weight is 223 g/mol. The van der Waals surface area contributed by atoms with E-state index in [-0.39, 0.29) is 11.8 Å². The number of hydrogen-bond acceptors (Lipinski definition) is 5. The summed E-state index contributed by atoms with van der Waals surface area (Å²) in [6, 6.07) is -0.107. The molecule has 0 aliphatic rings. The lowest BCUT2D eigenvalue weighted by Crippen LogP contribution is -2.34. The van der Waals surface area contributed by atoms with Gasteiger partial charge in [0.15, 0.2) is 9.84 Å². The molecule has 1 atom stereocenters. The van der Waals surface area contributed by atoms with Crippen molar-refractivity contribution >= 4 is 15.8 Å². The fourth-order valence-corrected chi connectivity index (χ4v) is 2.62. The SMILES string of the molecule is CCC(CS(=O)(=O)CC(=O)OC)NC. The Morgan fingerprint density at radius 3 is 2.43 bits per heavy atom. The Bertz CT molecular complexity index is 269. The average Bonchev–Trinajstić information content (AvgIpc) is 2.13. The van der Waals surface area contributed by atoms with Gasteiger partial charge in [0.2, 0.25) is 0 Å². The van der Waals surface area contributed by atoms with E-state index >= 15 is 0 Å². The standard InChI is InChI=1S/C8H17NO4S/c1-4-7(9-2)5-14(11,12)6-8(10)13-3/h7,9H,4-6H2,1-3H3. The second-order valence-electron chi connectivity index (χ2n) is 3.02. The predicted molar refractivity (Wildman–Crippen MR) is 53.8 cm³/mol. The number of methoxy groups -OCH3 is 1. The van der Waals surface area contributed by atoms with Crippen LogP contribution in [0.15, 0.2) is 0 Å².